The lowest BCUT2D eigenvalue weighted by molar-refractivity contribution is -0.124. The maximum atomic E-state index is 11.0. The van der Waals surface area contributed by atoms with Gasteiger partial charge in [-0.2, -0.15) is 0 Å². The van der Waals surface area contributed by atoms with E-state index in [2.05, 4.69) is 17.2 Å². The largest absolute Gasteiger partial charge is 0.383 e. The number of nitrogens with zero attached hydrogens (tertiary/aromatic N) is 2. The minimum atomic E-state index is -0.571. The van der Waals surface area contributed by atoms with Gasteiger partial charge in [-0.25, -0.2) is 10.5 Å². The number of hydroxylamine groups is 1. The van der Waals surface area contributed by atoms with E-state index in [1.165, 1.54) is 6.08 Å². The van der Waals surface area contributed by atoms with E-state index in [1.807, 2.05) is 22.7 Å². The second-order valence-electron chi connectivity index (χ2n) is 4.68. The summed E-state index contributed by atoms with van der Waals surface area (Å²) < 4.78 is 7.00. The molecule has 2 aromatic heterocycles. The van der Waals surface area contributed by atoms with Crippen LogP contribution in [0.4, 0.5) is 5.82 Å². The molecule has 118 valence electrons. The van der Waals surface area contributed by atoms with Crippen molar-refractivity contribution >= 4 is 23.4 Å². The Kier molecular flexibility index (Phi) is 5.51. The summed E-state index contributed by atoms with van der Waals surface area (Å²) in [6.07, 6.45) is 5.58. The number of nitrogens with one attached hydrogen (secondary N) is 2. The quantitative estimate of drug-likeness (QED) is 0.312. The number of rotatable bonds is 7. The number of imidazole rings is 1. The zero-order chi connectivity index (χ0) is 15.9. The zero-order valence-electron chi connectivity index (χ0n) is 12.7. The molecule has 7 nitrogen and oxygen atoms in total. The monoisotopic (exact) mass is 304 g/mol. The first-order valence-corrected chi connectivity index (χ1v) is 7.05. The maximum Gasteiger partial charge on any atom is 0.267 e. The fraction of sp³-hybridized carbons (Fsp3) is 0.333. The van der Waals surface area contributed by atoms with E-state index in [4.69, 9.17) is 9.94 Å². The average Bonchev–Trinajstić information content (AvgIpc) is 2.90. The molecule has 0 aliphatic rings. The first-order valence-electron chi connectivity index (χ1n) is 7.05. The summed E-state index contributed by atoms with van der Waals surface area (Å²) in [5.41, 5.74) is 4.20. The van der Waals surface area contributed by atoms with E-state index in [0.717, 1.165) is 29.1 Å². The second-order valence-corrected chi connectivity index (χ2v) is 4.68. The topological polar surface area (TPSA) is 87.9 Å². The van der Waals surface area contributed by atoms with Gasteiger partial charge in [0.1, 0.15) is 11.5 Å². The van der Waals surface area contributed by atoms with Gasteiger partial charge in [0.25, 0.3) is 5.91 Å². The standard InChI is InChI=1S/C15H20N4O3/c1-3-12-15(16-8-9-22-2)19-10-11(4-6-13(19)17-12)5-7-14(20)18-21/h4-7,10,16,21H,3,8-9H2,1-2H3,(H,18,20). The third kappa shape index (κ3) is 3.63. The van der Waals surface area contributed by atoms with Crippen LogP contribution in [0.15, 0.2) is 24.4 Å². The van der Waals surface area contributed by atoms with Crippen LogP contribution in [0.25, 0.3) is 11.7 Å². The first kappa shape index (κ1) is 16.0. The van der Waals surface area contributed by atoms with Crippen LogP contribution >= 0.6 is 0 Å². The van der Waals surface area contributed by atoms with Gasteiger partial charge in [0.2, 0.25) is 0 Å². The molecule has 0 saturated carbocycles. The Hall–Kier alpha value is -2.38. The Morgan fingerprint density at radius 1 is 1.50 bits per heavy atom. The number of anilines is 1. The summed E-state index contributed by atoms with van der Waals surface area (Å²) in [6.45, 7) is 3.34. The molecule has 0 atom stereocenters. The Morgan fingerprint density at radius 2 is 2.32 bits per heavy atom. The molecular formula is C15H20N4O3. The minimum absolute atomic E-state index is 0.571. The smallest absolute Gasteiger partial charge is 0.267 e. The number of ether oxygens (including phenoxy) is 1. The highest BCUT2D eigenvalue weighted by molar-refractivity contribution is 5.90. The number of methoxy groups -OCH3 is 1. The van der Waals surface area contributed by atoms with Crippen molar-refractivity contribution in [2.75, 3.05) is 25.6 Å². The summed E-state index contributed by atoms with van der Waals surface area (Å²) in [6, 6.07) is 3.75. The van der Waals surface area contributed by atoms with Gasteiger partial charge < -0.3 is 10.1 Å². The van der Waals surface area contributed by atoms with Crippen molar-refractivity contribution in [3.63, 3.8) is 0 Å². The Balaban J connectivity index is 2.34. The molecule has 2 heterocycles. The third-order valence-electron chi connectivity index (χ3n) is 3.18. The Morgan fingerprint density at radius 3 is 3.00 bits per heavy atom. The minimum Gasteiger partial charge on any atom is -0.383 e. The van der Waals surface area contributed by atoms with E-state index < -0.39 is 5.91 Å². The van der Waals surface area contributed by atoms with Gasteiger partial charge in [0, 0.05) is 25.9 Å². The molecule has 0 radical (unpaired) electrons. The molecular weight excluding hydrogens is 284 g/mol. The van der Waals surface area contributed by atoms with E-state index in [9.17, 15) is 4.79 Å². The third-order valence-corrected chi connectivity index (χ3v) is 3.18. The molecule has 2 rings (SSSR count). The summed E-state index contributed by atoms with van der Waals surface area (Å²) in [7, 11) is 1.66. The lowest BCUT2D eigenvalue weighted by Gasteiger charge is -2.08. The fourth-order valence-electron chi connectivity index (χ4n) is 2.12. The molecule has 3 N–H and O–H groups in total. The SMILES string of the molecule is CCc1nc2ccc(C=CC(=O)NO)cn2c1NCCOC. The summed E-state index contributed by atoms with van der Waals surface area (Å²) in [4.78, 5) is 15.6. The number of aryl methyl sites for hydroxylation is 1. The van der Waals surface area contributed by atoms with Crippen molar-refractivity contribution in [3.8, 4) is 0 Å². The average molecular weight is 304 g/mol. The molecule has 0 bridgehead atoms. The zero-order valence-corrected chi connectivity index (χ0v) is 12.7. The van der Waals surface area contributed by atoms with Crippen LogP contribution in [0.1, 0.15) is 18.2 Å². The van der Waals surface area contributed by atoms with E-state index in [-0.39, 0.29) is 0 Å². The predicted octanol–water partition coefficient (Wildman–Crippen LogP) is 1.47. The lowest BCUT2D eigenvalue weighted by Crippen LogP contribution is -2.14. The van der Waals surface area contributed by atoms with Crippen molar-refractivity contribution in [1.29, 1.82) is 0 Å². The van der Waals surface area contributed by atoms with E-state index in [0.29, 0.717) is 13.2 Å². The molecule has 0 saturated heterocycles. The van der Waals surface area contributed by atoms with Gasteiger partial charge in [-0.05, 0) is 30.2 Å². The van der Waals surface area contributed by atoms with Gasteiger partial charge in [0.05, 0.1) is 12.3 Å². The van der Waals surface area contributed by atoms with Crippen LogP contribution in [-0.4, -0.2) is 40.8 Å². The molecule has 0 aliphatic heterocycles. The molecule has 0 unspecified atom stereocenters. The highest BCUT2D eigenvalue weighted by Crippen LogP contribution is 2.20. The van der Waals surface area contributed by atoms with Crippen molar-refractivity contribution in [2.24, 2.45) is 0 Å². The normalized spacial score (nSPS) is 11.2. The lowest BCUT2D eigenvalue weighted by atomic mass is 10.2. The maximum absolute atomic E-state index is 11.0. The highest BCUT2D eigenvalue weighted by atomic mass is 16.5. The number of carbonyl (C=O) groups is 1. The van der Waals surface area contributed by atoms with Crippen LogP contribution in [0, 0.1) is 0 Å². The van der Waals surface area contributed by atoms with Crippen molar-refractivity contribution in [2.45, 2.75) is 13.3 Å². The molecule has 0 spiro atoms. The molecule has 1 amide bonds. The molecule has 2 aromatic rings. The van der Waals surface area contributed by atoms with Crippen LogP contribution in [0.2, 0.25) is 0 Å². The first-order chi connectivity index (χ1) is 10.7. The highest BCUT2D eigenvalue weighted by Gasteiger charge is 2.10. The van der Waals surface area contributed by atoms with Crippen molar-refractivity contribution < 1.29 is 14.7 Å². The van der Waals surface area contributed by atoms with Crippen LogP contribution in [0.5, 0.6) is 0 Å². The summed E-state index contributed by atoms with van der Waals surface area (Å²) in [5, 5.41) is 11.8. The number of fused-ring (bicyclic) bond motifs is 1. The van der Waals surface area contributed by atoms with Crippen LogP contribution < -0.4 is 10.8 Å². The predicted molar refractivity (Wildman–Crippen MR) is 83.9 cm³/mol. The number of pyridine rings is 1. The van der Waals surface area contributed by atoms with Crippen LogP contribution in [0.3, 0.4) is 0 Å². The van der Waals surface area contributed by atoms with Crippen molar-refractivity contribution in [1.82, 2.24) is 14.9 Å². The Labute approximate surface area is 128 Å². The summed E-state index contributed by atoms with van der Waals surface area (Å²) >= 11 is 0. The van der Waals surface area contributed by atoms with Gasteiger partial charge in [-0.15, -0.1) is 0 Å². The molecule has 0 aromatic carbocycles. The number of amides is 1. The van der Waals surface area contributed by atoms with Gasteiger partial charge >= 0.3 is 0 Å². The summed E-state index contributed by atoms with van der Waals surface area (Å²) in [5.74, 6) is 0.356. The van der Waals surface area contributed by atoms with Crippen LogP contribution in [-0.2, 0) is 16.0 Å². The number of hydrogen-bond donors (Lipinski definition) is 3. The fourth-order valence-corrected chi connectivity index (χ4v) is 2.12. The molecule has 0 fully saturated rings. The van der Waals surface area contributed by atoms with Gasteiger partial charge in [0.15, 0.2) is 0 Å². The molecule has 22 heavy (non-hydrogen) atoms. The molecule has 0 aliphatic carbocycles. The molecule has 7 heteroatoms. The second kappa shape index (κ2) is 7.58. The Bertz CT molecular complexity index is 679. The van der Waals surface area contributed by atoms with Gasteiger partial charge in [-0.3, -0.25) is 14.4 Å². The van der Waals surface area contributed by atoms with Crippen molar-refractivity contribution in [3.05, 3.63) is 35.7 Å². The number of aromatic nitrogens is 2. The van der Waals surface area contributed by atoms with E-state index >= 15 is 0 Å². The number of carbonyl (C=O) groups excluding carboxylic acids is 1. The van der Waals surface area contributed by atoms with E-state index in [1.54, 1.807) is 18.7 Å². The number of hydrogen-bond acceptors (Lipinski definition) is 5. The van der Waals surface area contributed by atoms with Gasteiger partial charge in [-0.1, -0.05) is 6.92 Å².